The molecule has 0 amide bonds. The van der Waals surface area contributed by atoms with Gasteiger partial charge in [0.1, 0.15) is 30.2 Å². The summed E-state index contributed by atoms with van der Waals surface area (Å²) in [5, 5.41) is 31.0. The molecule has 2 aromatic rings. The summed E-state index contributed by atoms with van der Waals surface area (Å²) in [4.78, 5) is 30.3. The molecule has 7 N–H and O–H groups in total. The number of phosphoric acid groups is 3. The zero-order valence-electron chi connectivity index (χ0n) is 15.9. The average Bonchev–Trinajstić information content (AvgIpc) is 3.22. The van der Waals surface area contributed by atoms with Crippen molar-refractivity contribution in [1.29, 1.82) is 0 Å². The summed E-state index contributed by atoms with van der Waals surface area (Å²) in [5.74, 6) is 0.0219. The molecule has 33 heavy (non-hydrogen) atoms. The zero-order chi connectivity index (χ0) is 24.2. The lowest BCUT2D eigenvalue weighted by molar-refractivity contribution is -0.160. The van der Waals surface area contributed by atoms with Crippen LogP contribution >= 0.6 is 23.5 Å². The molecule has 2 aromatic heterocycles. The van der Waals surface area contributed by atoms with Crippen LogP contribution in [0.2, 0.25) is 0 Å². The van der Waals surface area contributed by atoms with E-state index in [0.717, 1.165) is 6.33 Å². The first-order valence-electron chi connectivity index (χ1n) is 8.59. The predicted molar refractivity (Wildman–Crippen MR) is 101 cm³/mol. The van der Waals surface area contributed by atoms with Gasteiger partial charge < -0.3 is 44.5 Å². The summed E-state index contributed by atoms with van der Waals surface area (Å²) in [6.45, 7) is 0. The number of anilines is 1. The van der Waals surface area contributed by atoms with E-state index in [1.807, 2.05) is 0 Å². The minimum atomic E-state index is -5.55. The van der Waals surface area contributed by atoms with E-state index in [9.17, 15) is 33.9 Å². The number of imidazole rings is 1. The molecule has 0 radical (unpaired) electrons. The smallest absolute Gasteiger partial charge is 0.387 e. The van der Waals surface area contributed by atoms with Crippen molar-refractivity contribution in [3.63, 3.8) is 0 Å². The third-order valence-electron chi connectivity index (χ3n) is 4.29. The highest BCUT2D eigenvalue weighted by atomic mass is 31.3. The van der Waals surface area contributed by atoms with Crippen LogP contribution in [0.5, 0.6) is 0 Å². The van der Waals surface area contributed by atoms with Crippen molar-refractivity contribution in [3.8, 4) is 0 Å². The number of aromatic nitrogens is 4. The maximum atomic E-state index is 12.6. The van der Waals surface area contributed by atoms with Gasteiger partial charge in [-0.1, -0.05) is 0 Å². The maximum absolute atomic E-state index is 12.6. The number of nitrogen functional groups attached to an aromatic ring is 1. The molecule has 4 heterocycles. The molecule has 8 atom stereocenters. The Morgan fingerprint density at radius 3 is 2.55 bits per heavy atom. The molecule has 0 bridgehead atoms. The van der Waals surface area contributed by atoms with Crippen molar-refractivity contribution in [1.82, 2.24) is 19.5 Å². The molecule has 182 valence electrons. The van der Waals surface area contributed by atoms with Gasteiger partial charge in [-0.05, 0) is 0 Å². The lowest BCUT2D eigenvalue weighted by Crippen LogP contribution is -2.39. The number of fused-ring (bicyclic) bond motifs is 1. The molecule has 4 rings (SSSR count). The van der Waals surface area contributed by atoms with Gasteiger partial charge in [-0.25, -0.2) is 28.6 Å². The SMILES string of the molecule is Nc1ncnc2c1ncn2[C@@H]1O[C@H](C(O)OP2(=O)OBOP(=O)(O)OP(=O)(O)O2)[C@@H](O)[C@H]1O. The zero-order valence-corrected chi connectivity index (χ0v) is 18.5. The lowest BCUT2D eigenvalue weighted by atomic mass is 10.1. The van der Waals surface area contributed by atoms with Crippen molar-refractivity contribution in [2.75, 3.05) is 5.73 Å². The molecular formula is C10H15BN5O14P3. The quantitative estimate of drug-likeness (QED) is 0.141. The molecule has 2 aliphatic rings. The first-order valence-corrected chi connectivity index (χ1v) is 13.0. The van der Waals surface area contributed by atoms with Crippen molar-refractivity contribution in [2.45, 2.75) is 30.8 Å². The van der Waals surface area contributed by atoms with Crippen molar-refractivity contribution in [3.05, 3.63) is 12.7 Å². The Kier molecular flexibility index (Phi) is 6.54. The summed E-state index contributed by atoms with van der Waals surface area (Å²) < 4.78 is 63.4. The molecule has 2 aliphatic heterocycles. The van der Waals surface area contributed by atoms with Gasteiger partial charge in [-0.3, -0.25) is 9.09 Å². The molecule has 23 heteroatoms. The predicted octanol–water partition coefficient (Wildman–Crippen LogP) is -1.98. The number of aliphatic hydroxyl groups excluding tert-OH is 3. The molecule has 0 aromatic carbocycles. The van der Waals surface area contributed by atoms with E-state index in [1.165, 1.54) is 10.9 Å². The normalized spacial score (nSPS) is 40.8. The van der Waals surface area contributed by atoms with Gasteiger partial charge in [0.05, 0.1) is 6.33 Å². The van der Waals surface area contributed by atoms with Crippen LogP contribution in [-0.2, 0) is 40.5 Å². The Bertz CT molecular complexity index is 1200. The van der Waals surface area contributed by atoms with E-state index < -0.39 is 62.0 Å². The van der Waals surface area contributed by atoms with Gasteiger partial charge in [0, 0.05) is 0 Å². The second-order valence-corrected chi connectivity index (χ2v) is 11.3. The first kappa shape index (κ1) is 24.8. The number of aliphatic hydroxyl groups is 3. The van der Waals surface area contributed by atoms with Crippen LogP contribution < -0.4 is 5.73 Å². The van der Waals surface area contributed by atoms with Crippen LogP contribution in [0.1, 0.15) is 6.23 Å². The molecule has 0 spiro atoms. The van der Waals surface area contributed by atoms with Crippen molar-refractivity contribution < 1.29 is 65.6 Å². The third kappa shape index (κ3) is 5.05. The number of ether oxygens (including phenoxy) is 1. The Morgan fingerprint density at radius 1 is 1.09 bits per heavy atom. The highest BCUT2D eigenvalue weighted by Crippen LogP contribution is 2.71. The fraction of sp³-hybridized carbons (Fsp3) is 0.500. The summed E-state index contributed by atoms with van der Waals surface area (Å²) >= 11 is 0. The Balaban J connectivity index is 1.53. The number of rotatable bonds is 4. The number of hydrogen-bond acceptors (Lipinski definition) is 16. The highest BCUT2D eigenvalue weighted by Gasteiger charge is 2.52. The fourth-order valence-corrected chi connectivity index (χ4v) is 6.79. The fourth-order valence-electron chi connectivity index (χ4n) is 2.92. The lowest BCUT2D eigenvalue weighted by Gasteiger charge is -2.27. The van der Waals surface area contributed by atoms with Crippen LogP contribution in [0.3, 0.4) is 0 Å². The van der Waals surface area contributed by atoms with E-state index in [-0.39, 0.29) is 17.0 Å². The Hall–Kier alpha value is -1.34. The van der Waals surface area contributed by atoms with Gasteiger partial charge in [0.15, 0.2) is 24.0 Å². The molecule has 4 unspecified atom stereocenters. The van der Waals surface area contributed by atoms with E-state index in [4.69, 9.17) is 15.4 Å². The minimum Gasteiger partial charge on any atom is -0.387 e. The van der Waals surface area contributed by atoms with Crippen LogP contribution in [-0.4, -0.2) is 76.9 Å². The monoisotopic (exact) mass is 533 g/mol. The van der Waals surface area contributed by atoms with Crippen LogP contribution in [0.15, 0.2) is 12.7 Å². The summed E-state index contributed by atoms with van der Waals surface area (Å²) in [6, 6.07) is 0. The second kappa shape index (κ2) is 8.71. The van der Waals surface area contributed by atoms with Crippen molar-refractivity contribution in [2.24, 2.45) is 0 Å². The molecule has 2 saturated heterocycles. The van der Waals surface area contributed by atoms with Crippen LogP contribution in [0.4, 0.5) is 5.82 Å². The topological polar surface area (TPSA) is 277 Å². The third-order valence-corrected chi connectivity index (χ3v) is 8.89. The summed E-state index contributed by atoms with van der Waals surface area (Å²) in [7, 11) is -17.1. The molecule has 0 aliphatic carbocycles. The molecule has 2 fully saturated rings. The van der Waals surface area contributed by atoms with E-state index in [0.29, 0.717) is 0 Å². The summed E-state index contributed by atoms with van der Waals surface area (Å²) in [5.41, 5.74) is 5.96. The number of hydrogen-bond donors (Lipinski definition) is 6. The Morgan fingerprint density at radius 2 is 1.82 bits per heavy atom. The van der Waals surface area contributed by atoms with E-state index in [2.05, 4.69) is 37.0 Å². The van der Waals surface area contributed by atoms with Crippen molar-refractivity contribution >= 4 is 48.1 Å². The van der Waals surface area contributed by atoms with E-state index >= 15 is 0 Å². The maximum Gasteiger partial charge on any atom is 0.489 e. The second-order valence-electron chi connectivity index (χ2n) is 6.48. The molecule has 0 saturated carbocycles. The summed E-state index contributed by atoms with van der Waals surface area (Å²) in [6.07, 6.45) is -6.93. The minimum absolute atomic E-state index is 0.0219. The number of nitrogens with two attached hydrogens (primary N) is 1. The van der Waals surface area contributed by atoms with Gasteiger partial charge in [0.2, 0.25) is 0 Å². The van der Waals surface area contributed by atoms with E-state index in [1.54, 1.807) is 0 Å². The van der Waals surface area contributed by atoms with Gasteiger partial charge in [0.25, 0.3) is 0 Å². The molecule has 19 nitrogen and oxygen atoms in total. The van der Waals surface area contributed by atoms with Gasteiger partial charge in [-0.15, -0.1) is 0 Å². The number of nitrogens with zero attached hydrogens (tertiary/aromatic N) is 4. The first-order chi connectivity index (χ1) is 15.3. The standard InChI is InChI=1S/C10H15BN5O14P3/c12-7-3-8(14-1-13-7)16(2-15-3)9-5(18)4(17)6(25-9)10(19)26-33(24)28-11-27-31(20,21)29-32(22,23)30-33/h1-2,4-6,9-11,17-19H,(H,20,21)(H,22,23)(H2,12,13,14)/t4-,5+,6-,9+,10?,33?/m0/s1. The van der Waals surface area contributed by atoms with Gasteiger partial charge >= 0.3 is 31.2 Å². The molecular weight excluding hydrogens is 518 g/mol. The largest absolute Gasteiger partial charge is 0.489 e. The van der Waals surface area contributed by atoms with Crippen LogP contribution in [0, 0.1) is 0 Å². The highest BCUT2D eigenvalue weighted by molar-refractivity contribution is 7.68. The Labute approximate surface area is 183 Å². The van der Waals surface area contributed by atoms with Gasteiger partial charge in [-0.2, -0.15) is 8.62 Å². The van der Waals surface area contributed by atoms with Crippen LogP contribution in [0.25, 0.3) is 11.2 Å². The average molecular weight is 533 g/mol.